The average Bonchev–Trinajstić information content (AvgIpc) is 2.17. The standard InChI is InChI=1S/C11H11NO3/c1-15-10-6-5-9(13)7-8(10)3-2-4-11(12)14/h5-7,13H,4H2,1H3,(H2,12,14). The first kappa shape index (κ1) is 10.9. The quantitative estimate of drug-likeness (QED) is 0.695. The van der Waals surface area contributed by atoms with Crippen LogP contribution in [0.4, 0.5) is 0 Å². The van der Waals surface area contributed by atoms with E-state index >= 15 is 0 Å². The summed E-state index contributed by atoms with van der Waals surface area (Å²) in [6.07, 6.45) is -0.0151. The van der Waals surface area contributed by atoms with E-state index in [0.717, 1.165) is 0 Å². The Morgan fingerprint density at radius 1 is 1.60 bits per heavy atom. The number of phenolic OH excluding ortho intramolecular Hbond substituents is 1. The van der Waals surface area contributed by atoms with E-state index in [2.05, 4.69) is 11.8 Å². The van der Waals surface area contributed by atoms with Crippen LogP contribution in [0.5, 0.6) is 11.5 Å². The second-order valence-corrected chi connectivity index (χ2v) is 2.83. The van der Waals surface area contributed by atoms with Gasteiger partial charge in [-0.05, 0) is 18.2 Å². The number of carbonyl (C=O) groups excluding carboxylic acids is 1. The number of rotatable bonds is 2. The SMILES string of the molecule is COc1ccc(O)cc1C#CCC(N)=O. The Balaban J connectivity index is 2.94. The van der Waals surface area contributed by atoms with Crippen molar-refractivity contribution in [3.63, 3.8) is 0 Å². The van der Waals surface area contributed by atoms with E-state index < -0.39 is 5.91 Å². The summed E-state index contributed by atoms with van der Waals surface area (Å²) in [6, 6.07) is 4.56. The second kappa shape index (κ2) is 4.91. The van der Waals surface area contributed by atoms with E-state index in [1.54, 1.807) is 6.07 Å². The van der Waals surface area contributed by atoms with Crippen LogP contribution in [0, 0.1) is 11.8 Å². The number of amides is 1. The van der Waals surface area contributed by atoms with Crippen LogP contribution < -0.4 is 10.5 Å². The summed E-state index contributed by atoms with van der Waals surface area (Å²) >= 11 is 0. The molecule has 1 amide bonds. The lowest BCUT2D eigenvalue weighted by molar-refractivity contribution is -0.117. The molecule has 1 aromatic carbocycles. The first-order valence-electron chi connectivity index (χ1n) is 4.27. The molecule has 0 fully saturated rings. The zero-order valence-corrected chi connectivity index (χ0v) is 8.28. The van der Waals surface area contributed by atoms with Crippen LogP contribution in [-0.2, 0) is 4.79 Å². The number of phenols is 1. The molecule has 15 heavy (non-hydrogen) atoms. The van der Waals surface area contributed by atoms with E-state index in [4.69, 9.17) is 10.5 Å². The number of methoxy groups -OCH3 is 1. The summed E-state index contributed by atoms with van der Waals surface area (Å²) in [7, 11) is 1.51. The molecule has 0 saturated carbocycles. The lowest BCUT2D eigenvalue weighted by atomic mass is 10.2. The molecule has 4 nitrogen and oxygen atoms in total. The van der Waals surface area contributed by atoms with Crippen molar-refractivity contribution in [2.45, 2.75) is 6.42 Å². The first-order chi connectivity index (χ1) is 7.13. The number of aromatic hydroxyl groups is 1. The average molecular weight is 205 g/mol. The smallest absolute Gasteiger partial charge is 0.229 e. The monoisotopic (exact) mass is 205 g/mol. The molecule has 4 heteroatoms. The first-order valence-corrected chi connectivity index (χ1v) is 4.27. The number of nitrogens with two attached hydrogens (primary N) is 1. The summed E-state index contributed by atoms with van der Waals surface area (Å²) in [5.74, 6) is 5.45. The molecule has 0 radical (unpaired) electrons. The third-order valence-electron chi connectivity index (χ3n) is 1.67. The van der Waals surface area contributed by atoms with Crippen molar-refractivity contribution < 1.29 is 14.6 Å². The molecule has 0 saturated heterocycles. The van der Waals surface area contributed by atoms with Crippen LogP contribution >= 0.6 is 0 Å². The zero-order valence-electron chi connectivity index (χ0n) is 8.28. The number of primary amides is 1. The molecule has 0 aliphatic heterocycles. The predicted octanol–water partition coefficient (Wildman–Crippen LogP) is 0.628. The van der Waals surface area contributed by atoms with Crippen LogP contribution in [0.2, 0.25) is 0 Å². The van der Waals surface area contributed by atoms with Crippen molar-refractivity contribution in [2.24, 2.45) is 5.73 Å². The Labute approximate surface area is 87.7 Å². The van der Waals surface area contributed by atoms with E-state index in [1.807, 2.05) is 0 Å². The number of benzene rings is 1. The molecule has 0 aliphatic carbocycles. The minimum Gasteiger partial charge on any atom is -0.508 e. The third-order valence-corrected chi connectivity index (χ3v) is 1.67. The molecule has 0 heterocycles. The fraction of sp³-hybridized carbons (Fsp3) is 0.182. The van der Waals surface area contributed by atoms with Gasteiger partial charge in [0.15, 0.2) is 0 Å². The Bertz CT molecular complexity index is 429. The van der Waals surface area contributed by atoms with Gasteiger partial charge < -0.3 is 15.6 Å². The van der Waals surface area contributed by atoms with Gasteiger partial charge >= 0.3 is 0 Å². The summed E-state index contributed by atoms with van der Waals surface area (Å²) in [5, 5.41) is 9.23. The van der Waals surface area contributed by atoms with Crippen molar-refractivity contribution in [3.05, 3.63) is 23.8 Å². The van der Waals surface area contributed by atoms with Gasteiger partial charge in [0.1, 0.15) is 11.5 Å². The molecule has 0 aromatic heterocycles. The van der Waals surface area contributed by atoms with E-state index in [1.165, 1.54) is 19.2 Å². The Morgan fingerprint density at radius 2 is 2.33 bits per heavy atom. The van der Waals surface area contributed by atoms with Crippen LogP contribution in [0.3, 0.4) is 0 Å². The zero-order chi connectivity index (χ0) is 11.3. The van der Waals surface area contributed by atoms with Crippen LogP contribution in [0.15, 0.2) is 18.2 Å². The Hall–Kier alpha value is -2.15. The molecule has 1 rings (SSSR count). The Kier molecular flexibility index (Phi) is 3.58. The molecular weight excluding hydrogens is 194 g/mol. The Morgan fingerprint density at radius 3 is 2.93 bits per heavy atom. The van der Waals surface area contributed by atoms with Gasteiger partial charge in [0.05, 0.1) is 19.1 Å². The van der Waals surface area contributed by atoms with Crippen LogP contribution in [-0.4, -0.2) is 18.1 Å². The van der Waals surface area contributed by atoms with Gasteiger partial charge in [0, 0.05) is 0 Å². The van der Waals surface area contributed by atoms with Gasteiger partial charge in [-0.1, -0.05) is 11.8 Å². The minimum atomic E-state index is -0.485. The maximum absolute atomic E-state index is 10.5. The highest BCUT2D eigenvalue weighted by atomic mass is 16.5. The highest BCUT2D eigenvalue weighted by molar-refractivity contribution is 5.76. The van der Waals surface area contributed by atoms with Crippen LogP contribution in [0.1, 0.15) is 12.0 Å². The molecule has 0 spiro atoms. The van der Waals surface area contributed by atoms with Crippen molar-refractivity contribution in [1.29, 1.82) is 0 Å². The van der Waals surface area contributed by atoms with Gasteiger partial charge in [-0.25, -0.2) is 0 Å². The van der Waals surface area contributed by atoms with Crippen LogP contribution in [0.25, 0.3) is 0 Å². The summed E-state index contributed by atoms with van der Waals surface area (Å²) in [4.78, 5) is 10.5. The number of ether oxygens (including phenoxy) is 1. The minimum absolute atomic E-state index is 0.0151. The highest BCUT2D eigenvalue weighted by Crippen LogP contribution is 2.21. The van der Waals surface area contributed by atoms with E-state index in [9.17, 15) is 9.90 Å². The van der Waals surface area contributed by atoms with E-state index in [-0.39, 0.29) is 12.2 Å². The summed E-state index contributed by atoms with van der Waals surface area (Å²) in [6.45, 7) is 0. The van der Waals surface area contributed by atoms with Gasteiger partial charge in [0.2, 0.25) is 5.91 Å². The summed E-state index contributed by atoms with van der Waals surface area (Å²) < 4.78 is 5.03. The topological polar surface area (TPSA) is 72.6 Å². The van der Waals surface area contributed by atoms with Crippen molar-refractivity contribution in [2.75, 3.05) is 7.11 Å². The number of hydrogen-bond acceptors (Lipinski definition) is 3. The van der Waals surface area contributed by atoms with Crippen molar-refractivity contribution in [1.82, 2.24) is 0 Å². The maximum atomic E-state index is 10.5. The van der Waals surface area contributed by atoms with Crippen molar-refractivity contribution in [3.8, 4) is 23.3 Å². The second-order valence-electron chi connectivity index (χ2n) is 2.83. The third kappa shape index (κ3) is 3.24. The molecule has 78 valence electrons. The molecule has 3 N–H and O–H groups in total. The lowest BCUT2D eigenvalue weighted by Gasteiger charge is -2.02. The molecule has 0 bridgehead atoms. The summed E-state index contributed by atoms with van der Waals surface area (Å²) in [5.41, 5.74) is 5.46. The molecule has 0 unspecified atom stereocenters. The van der Waals surface area contributed by atoms with Gasteiger partial charge in [-0.3, -0.25) is 4.79 Å². The maximum Gasteiger partial charge on any atom is 0.229 e. The van der Waals surface area contributed by atoms with Gasteiger partial charge in [0.25, 0.3) is 0 Å². The van der Waals surface area contributed by atoms with E-state index in [0.29, 0.717) is 11.3 Å². The number of hydrogen-bond donors (Lipinski definition) is 2. The number of carbonyl (C=O) groups is 1. The highest BCUT2D eigenvalue weighted by Gasteiger charge is 2.00. The van der Waals surface area contributed by atoms with Gasteiger partial charge in [-0.15, -0.1) is 0 Å². The predicted molar refractivity (Wildman–Crippen MR) is 55.3 cm³/mol. The normalized spacial score (nSPS) is 8.87. The van der Waals surface area contributed by atoms with Gasteiger partial charge in [-0.2, -0.15) is 0 Å². The molecular formula is C11H11NO3. The molecule has 0 aliphatic rings. The largest absolute Gasteiger partial charge is 0.508 e. The molecule has 0 atom stereocenters. The lowest BCUT2D eigenvalue weighted by Crippen LogP contribution is -2.08. The molecule has 1 aromatic rings. The fourth-order valence-corrected chi connectivity index (χ4v) is 1.02. The van der Waals surface area contributed by atoms with Crippen molar-refractivity contribution >= 4 is 5.91 Å². The fourth-order valence-electron chi connectivity index (χ4n) is 1.02.